The minimum absolute atomic E-state index is 0.0377. The van der Waals surface area contributed by atoms with Crippen molar-refractivity contribution >= 4 is 27.5 Å². The summed E-state index contributed by atoms with van der Waals surface area (Å²) < 4.78 is 52.3. The molecule has 1 atom stereocenters. The van der Waals surface area contributed by atoms with E-state index in [1.54, 1.807) is 19.2 Å². The highest BCUT2D eigenvalue weighted by molar-refractivity contribution is 7.92. The molecule has 0 fully saturated rings. The van der Waals surface area contributed by atoms with Gasteiger partial charge < -0.3 is 19.7 Å². The Labute approximate surface area is 275 Å². The molecule has 4 aromatic carbocycles. The highest BCUT2D eigenvalue weighted by Crippen LogP contribution is 2.21. The predicted octanol–water partition coefficient (Wildman–Crippen LogP) is 5.96. The van der Waals surface area contributed by atoms with Gasteiger partial charge in [0.15, 0.2) is 6.61 Å². The van der Waals surface area contributed by atoms with E-state index in [0.717, 1.165) is 42.5 Å². The molecule has 0 saturated carbocycles. The van der Waals surface area contributed by atoms with E-state index in [1.807, 2.05) is 42.5 Å². The van der Waals surface area contributed by atoms with Crippen molar-refractivity contribution in [1.82, 2.24) is 10.2 Å². The zero-order valence-corrected chi connectivity index (χ0v) is 27.3. The van der Waals surface area contributed by atoms with Gasteiger partial charge in [0, 0.05) is 25.2 Å². The van der Waals surface area contributed by atoms with Crippen molar-refractivity contribution in [2.24, 2.45) is 0 Å². The average molecular weight is 662 g/mol. The highest BCUT2D eigenvalue weighted by Gasteiger charge is 2.30. The lowest BCUT2D eigenvalue weighted by Gasteiger charge is -2.31. The van der Waals surface area contributed by atoms with E-state index in [9.17, 15) is 22.4 Å². The van der Waals surface area contributed by atoms with Crippen molar-refractivity contribution in [3.05, 3.63) is 120 Å². The number of halogens is 1. The lowest BCUT2D eigenvalue weighted by atomic mass is 10.0. The van der Waals surface area contributed by atoms with Crippen LogP contribution < -0.4 is 19.5 Å². The first-order valence-electron chi connectivity index (χ1n) is 15.4. The largest absolute Gasteiger partial charge is 0.497 e. The van der Waals surface area contributed by atoms with Crippen LogP contribution in [0.25, 0.3) is 0 Å². The Morgan fingerprint density at radius 1 is 0.830 bits per heavy atom. The minimum Gasteiger partial charge on any atom is -0.497 e. The van der Waals surface area contributed by atoms with Gasteiger partial charge in [-0.15, -0.1) is 0 Å². The summed E-state index contributed by atoms with van der Waals surface area (Å²) in [6.07, 6.45) is 3.13. The molecule has 0 aliphatic heterocycles. The zero-order chi connectivity index (χ0) is 33.6. The van der Waals surface area contributed by atoms with Crippen LogP contribution in [0.3, 0.4) is 0 Å². The molecule has 0 aliphatic carbocycles. The van der Waals surface area contributed by atoms with Crippen LogP contribution in [0.1, 0.15) is 37.3 Å². The molecule has 0 radical (unpaired) electrons. The molecule has 2 N–H and O–H groups in total. The second kappa shape index (κ2) is 17.1. The smallest absolute Gasteiger partial charge is 0.261 e. The van der Waals surface area contributed by atoms with E-state index in [-0.39, 0.29) is 35.4 Å². The van der Waals surface area contributed by atoms with Gasteiger partial charge in [0.25, 0.3) is 15.9 Å². The van der Waals surface area contributed by atoms with Gasteiger partial charge in [-0.05, 0) is 78.2 Å². The standard InChI is InChI=1S/C36H40FN3O6S/c1-3-4-8-23-38-36(42)34(24-27-9-6-5-7-10-27)40(25-28-11-17-31(45-2)18-12-28)35(41)26-46-32-19-21-33(22-20-32)47(43,44)39-30-15-13-29(37)14-16-30/h5-7,9-22,34,39H,3-4,8,23-26H2,1-2H3,(H,38,42)/t34-/m0/s1. The molecule has 0 spiro atoms. The number of rotatable bonds is 17. The molecular formula is C36H40FN3O6S. The summed E-state index contributed by atoms with van der Waals surface area (Å²) >= 11 is 0. The maximum atomic E-state index is 13.9. The molecule has 0 saturated heterocycles. The number of anilines is 1. The third-order valence-electron chi connectivity index (χ3n) is 7.46. The van der Waals surface area contributed by atoms with Crippen LogP contribution in [0.2, 0.25) is 0 Å². The van der Waals surface area contributed by atoms with Gasteiger partial charge in [-0.25, -0.2) is 12.8 Å². The normalized spacial score (nSPS) is 11.7. The molecule has 9 nitrogen and oxygen atoms in total. The van der Waals surface area contributed by atoms with Crippen molar-refractivity contribution < 1.29 is 31.9 Å². The Balaban J connectivity index is 1.53. The van der Waals surface area contributed by atoms with E-state index in [0.29, 0.717) is 18.7 Å². The topological polar surface area (TPSA) is 114 Å². The predicted molar refractivity (Wildman–Crippen MR) is 179 cm³/mol. The first kappa shape index (κ1) is 35.0. The molecule has 0 unspecified atom stereocenters. The summed E-state index contributed by atoms with van der Waals surface area (Å²) in [6.45, 7) is 2.36. The minimum atomic E-state index is -3.95. The van der Waals surface area contributed by atoms with E-state index in [1.165, 1.54) is 41.3 Å². The number of nitrogens with zero attached hydrogens (tertiary/aromatic N) is 1. The van der Waals surface area contributed by atoms with E-state index < -0.39 is 27.8 Å². The Bertz CT molecular complexity index is 1680. The number of sulfonamides is 1. The number of ether oxygens (including phenoxy) is 2. The highest BCUT2D eigenvalue weighted by atomic mass is 32.2. The number of benzene rings is 4. The number of nitrogens with one attached hydrogen (secondary N) is 2. The number of hydrogen-bond acceptors (Lipinski definition) is 6. The Morgan fingerprint density at radius 3 is 2.13 bits per heavy atom. The summed E-state index contributed by atoms with van der Waals surface area (Å²) in [7, 11) is -2.37. The van der Waals surface area contributed by atoms with Gasteiger partial charge in [-0.3, -0.25) is 14.3 Å². The van der Waals surface area contributed by atoms with E-state index >= 15 is 0 Å². The van der Waals surface area contributed by atoms with Crippen molar-refractivity contribution in [3.63, 3.8) is 0 Å². The van der Waals surface area contributed by atoms with Gasteiger partial charge in [0.2, 0.25) is 5.91 Å². The van der Waals surface area contributed by atoms with Gasteiger partial charge in [-0.2, -0.15) is 0 Å². The van der Waals surface area contributed by atoms with Crippen molar-refractivity contribution in [2.75, 3.05) is 25.0 Å². The van der Waals surface area contributed by atoms with Crippen LogP contribution in [0.4, 0.5) is 10.1 Å². The average Bonchev–Trinajstić information content (AvgIpc) is 3.09. The van der Waals surface area contributed by atoms with Crippen LogP contribution >= 0.6 is 0 Å². The van der Waals surface area contributed by atoms with Gasteiger partial charge >= 0.3 is 0 Å². The van der Waals surface area contributed by atoms with Gasteiger partial charge in [-0.1, -0.05) is 62.2 Å². The summed E-state index contributed by atoms with van der Waals surface area (Å²) in [5.41, 5.74) is 1.92. The van der Waals surface area contributed by atoms with Crippen LogP contribution in [0.5, 0.6) is 11.5 Å². The Morgan fingerprint density at radius 2 is 1.49 bits per heavy atom. The number of hydrogen-bond donors (Lipinski definition) is 2. The van der Waals surface area contributed by atoms with Gasteiger partial charge in [0.05, 0.1) is 12.0 Å². The van der Waals surface area contributed by atoms with Crippen molar-refractivity contribution in [3.8, 4) is 11.5 Å². The molecule has 0 heterocycles. The number of methoxy groups -OCH3 is 1. The fraction of sp³-hybridized carbons (Fsp3) is 0.278. The lowest BCUT2D eigenvalue weighted by Crippen LogP contribution is -2.51. The summed E-state index contributed by atoms with van der Waals surface area (Å²) in [6, 6.07) is 26.5. The second-order valence-electron chi connectivity index (χ2n) is 10.9. The Kier molecular flexibility index (Phi) is 12.7. The summed E-state index contributed by atoms with van der Waals surface area (Å²) in [5.74, 6) is -0.212. The molecule has 11 heteroatoms. The van der Waals surface area contributed by atoms with Crippen LogP contribution in [-0.2, 0) is 32.6 Å². The van der Waals surface area contributed by atoms with Crippen molar-refractivity contribution in [1.29, 1.82) is 0 Å². The summed E-state index contributed by atoms with van der Waals surface area (Å²) in [4.78, 5) is 29.0. The lowest BCUT2D eigenvalue weighted by molar-refractivity contribution is -0.142. The fourth-order valence-corrected chi connectivity index (χ4v) is 5.92. The SMILES string of the molecule is CCCCCNC(=O)[C@H](Cc1ccccc1)N(Cc1ccc(OC)cc1)C(=O)COc1ccc(S(=O)(=O)Nc2ccc(F)cc2)cc1. The number of carbonyl (C=O) groups is 2. The first-order chi connectivity index (χ1) is 22.7. The Hall–Kier alpha value is -4.90. The maximum absolute atomic E-state index is 13.9. The van der Waals surface area contributed by atoms with E-state index in [4.69, 9.17) is 9.47 Å². The molecular weight excluding hydrogens is 621 g/mol. The molecule has 4 rings (SSSR count). The zero-order valence-electron chi connectivity index (χ0n) is 26.5. The van der Waals surface area contributed by atoms with Crippen LogP contribution in [0.15, 0.2) is 108 Å². The molecule has 0 aromatic heterocycles. The second-order valence-corrected chi connectivity index (χ2v) is 12.6. The molecule has 47 heavy (non-hydrogen) atoms. The molecule has 248 valence electrons. The third-order valence-corrected chi connectivity index (χ3v) is 8.85. The van der Waals surface area contributed by atoms with E-state index in [2.05, 4.69) is 17.0 Å². The van der Waals surface area contributed by atoms with Crippen LogP contribution in [0, 0.1) is 5.82 Å². The molecule has 2 amide bonds. The van der Waals surface area contributed by atoms with Gasteiger partial charge in [0.1, 0.15) is 23.4 Å². The quantitative estimate of drug-likeness (QED) is 0.135. The monoisotopic (exact) mass is 661 g/mol. The fourth-order valence-electron chi connectivity index (χ4n) is 4.86. The number of unbranched alkanes of at least 4 members (excludes halogenated alkanes) is 2. The molecule has 4 aromatic rings. The molecule has 0 aliphatic rings. The maximum Gasteiger partial charge on any atom is 0.261 e. The first-order valence-corrected chi connectivity index (χ1v) is 16.9. The summed E-state index contributed by atoms with van der Waals surface area (Å²) in [5, 5.41) is 3.02. The number of amides is 2. The third kappa shape index (κ3) is 10.6. The van der Waals surface area contributed by atoms with Crippen LogP contribution in [-0.4, -0.2) is 51.4 Å². The number of carbonyl (C=O) groups excluding carboxylic acids is 2. The molecule has 0 bridgehead atoms. The van der Waals surface area contributed by atoms with Crippen molar-refractivity contribution in [2.45, 2.75) is 50.1 Å².